The fourth-order valence-corrected chi connectivity index (χ4v) is 15.0. The second-order valence-corrected chi connectivity index (χ2v) is 42.6. The van der Waals surface area contributed by atoms with E-state index in [0.717, 1.165) is 201 Å². The molecule has 25 heteroatoms. The van der Waals surface area contributed by atoms with Gasteiger partial charge in [0.15, 0.2) is 0 Å². The molecule has 1 saturated carbocycles. The number of fused-ring (bicyclic) bond motifs is 9. The van der Waals surface area contributed by atoms with Crippen molar-refractivity contribution in [1.82, 2.24) is 16.0 Å². The van der Waals surface area contributed by atoms with Crippen LogP contribution in [0.2, 0.25) is 0 Å². The number of aliphatic carboxylic acids is 4. The quantitative estimate of drug-likeness (QED) is 0.00430. The van der Waals surface area contributed by atoms with E-state index in [1.54, 1.807) is 27.7 Å². The number of carbonyl (C=O) groups is 7. The normalized spacial score (nSPS) is 14.3. The number of halogens is 5. The summed E-state index contributed by atoms with van der Waals surface area (Å²) < 4.78 is 17.3. The number of carboxylic acids is 4. The van der Waals surface area contributed by atoms with Crippen LogP contribution in [0.25, 0.3) is 33.4 Å². The molecule has 19 nitrogen and oxygen atoms in total. The Hall–Kier alpha value is -6.32. The number of alkyl carbamates (subject to hydrolysis) is 3. The van der Waals surface area contributed by atoms with Crippen LogP contribution in [-0.2, 0) is 51.9 Å². The third kappa shape index (κ3) is 38.5. The number of benzene rings is 6. The number of allylic oxidation sites excluding steroid dienone is 4. The zero-order chi connectivity index (χ0) is 88.5. The van der Waals surface area contributed by atoms with Gasteiger partial charge in [-0.1, -0.05) is 321 Å². The predicted molar refractivity (Wildman–Crippen MR) is 527 cm³/mol. The van der Waals surface area contributed by atoms with Crippen LogP contribution in [0.5, 0.6) is 0 Å². The van der Waals surface area contributed by atoms with Gasteiger partial charge in [0.05, 0.1) is 6.04 Å². The molecule has 10 rings (SSSR count). The smallest absolute Gasteiger partial charge is 0.408 e. The second kappa shape index (κ2) is 61.2. The van der Waals surface area contributed by atoms with E-state index in [1.165, 1.54) is 32.1 Å². The van der Waals surface area contributed by atoms with E-state index in [9.17, 15) is 48.9 Å². The minimum Gasteiger partial charge on any atom is -0.480 e. The summed E-state index contributed by atoms with van der Waals surface area (Å²) in [6.07, 6.45) is 33.5. The van der Waals surface area contributed by atoms with Crippen molar-refractivity contribution < 1.29 is 92.5 Å². The standard InChI is InChI=1S/3C26H31NO4.C11H21NO2.C6H13N.CHI3.CH2I.ClH.V/c3*1-3-4-5-6-7-12-17-26(2,24(28)29)27-25(30)31-18-23-21-15-10-8-13-19(21)20-14-9-11-16-22(20)23;1-3-4-5-6-7-8-9-11(2,12)10(13)14;7-6-4-2-1-3-5-6;2-1(3)4;1-2;;/h3*3,8-11,13-16,23H,1,4-7,12,17-18H2,2H3,(H,27,30)(H,28,29);3H,1,4-9,12H2,2H3,(H,13,14);6H,1-5,7H2;1H;1H2;1H;/q;;;;;;-1;;/p+1/t3*26-;11-;;;;;/m1111...../s1. The molecule has 0 unspecified atom stereocenters. The molecule has 6 aromatic carbocycles. The summed E-state index contributed by atoms with van der Waals surface area (Å²) in [7, 11) is 0. The number of nitrogens with one attached hydrogen (secondary N) is 3. The van der Waals surface area contributed by atoms with Gasteiger partial charge in [0.25, 0.3) is 0 Å². The van der Waals surface area contributed by atoms with Crippen LogP contribution in [0.1, 0.15) is 265 Å². The number of amides is 3. The second-order valence-electron chi connectivity index (χ2n) is 31.7. The minimum absolute atomic E-state index is 0. The van der Waals surface area contributed by atoms with Gasteiger partial charge in [0.2, 0.25) is 0 Å². The van der Waals surface area contributed by atoms with Gasteiger partial charge < -0.3 is 84.6 Å². The topological polar surface area (TPSA) is 318 Å². The van der Waals surface area contributed by atoms with E-state index in [4.69, 9.17) is 25.1 Å². The molecule has 3 amide bonds. The van der Waals surface area contributed by atoms with Crippen LogP contribution in [0.4, 0.5) is 14.4 Å². The summed E-state index contributed by atoms with van der Waals surface area (Å²) in [5, 5.41) is 45.5. The number of hydrogen-bond acceptors (Lipinski definition) is 11. The molecule has 0 heterocycles. The number of carboxylic acid groups (broad SMARTS) is 4. The van der Waals surface area contributed by atoms with Crippen LogP contribution in [0.3, 0.4) is 0 Å². The third-order valence-corrected chi connectivity index (χ3v) is 22.2. The molecule has 0 aliphatic heterocycles. The first-order valence-electron chi connectivity index (χ1n) is 42.1. The van der Waals surface area contributed by atoms with Gasteiger partial charge in [-0.3, -0.25) is 9.73 Å². The Morgan fingerprint density at radius 2 is 0.607 bits per heavy atom. The maximum absolute atomic E-state index is 12.5. The van der Waals surface area contributed by atoms with Crippen molar-refractivity contribution in [3.63, 3.8) is 0 Å². The largest absolute Gasteiger partial charge is 0.480 e. The van der Waals surface area contributed by atoms with Crippen molar-refractivity contribution in [1.29, 1.82) is 0 Å². The molecule has 12 N–H and O–H groups in total. The molecule has 1 fully saturated rings. The molecule has 4 aliphatic rings. The van der Waals surface area contributed by atoms with Gasteiger partial charge in [0.1, 0.15) is 41.9 Å². The fourth-order valence-electron chi connectivity index (χ4n) is 15.0. The first-order chi connectivity index (χ1) is 57.5. The van der Waals surface area contributed by atoms with Crippen molar-refractivity contribution in [2.45, 2.75) is 260 Å². The van der Waals surface area contributed by atoms with Crippen LogP contribution >= 0.6 is 103 Å². The van der Waals surface area contributed by atoms with Crippen molar-refractivity contribution in [3.05, 3.63) is 235 Å². The zero-order valence-corrected chi connectivity index (χ0v) is 82.6. The average molecular weight is 2190 g/mol. The fraction of sp³-hybridized carbons (Fsp3) is 0.464. The Labute approximate surface area is 798 Å². The number of hydrogen-bond donors (Lipinski definition) is 9. The number of unbranched alkanes of at least 4 members (excludes halogenated alkanes) is 16. The Morgan fingerprint density at radius 3 is 0.795 bits per heavy atom. The maximum Gasteiger partial charge on any atom is 0.408 e. The number of rotatable bonds is 41. The molecule has 669 valence electrons. The average Bonchev–Trinajstić information content (AvgIpc) is 1.63. The summed E-state index contributed by atoms with van der Waals surface area (Å²) in [5.41, 5.74) is 18.1. The Balaban J connectivity index is 0.000000534. The Kier molecular flexibility index (Phi) is 56.0. The first kappa shape index (κ1) is 112. The molecular weight excluding hydrogens is 2050 g/mol. The summed E-state index contributed by atoms with van der Waals surface area (Å²) >= 11 is 8.85. The predicted octanol–water partition coefficient (Wildman–Crippen LogP) is 24.8. The van der Waals surface area contributed by atoms with Crippen molar-refractivity contribution in [2.75, 3.05) is 19.8 Å². The van der Waals surface area contributed by atoms with Crippen LogP contribution < -0.4 is 27.4 Å². The van der Waals surface area contributed by atoms with E-state index in [-0.39, 0.29) is 68.5 Å². The van der Waals surface area contributed by atoms with Crippen LogP contribution in [0.15, 0.2) is 196 Å². The van der Waals surface area contributed by atoms with Gasteiger partial charge in [-0.15, -0.1) is 38.7 Å². The van der Waals surface area contributed by atoms with Crippen molar-refractivity contribution in [2.24, 2.45) is 5.73 Å². The minimum atomic E-state index is -1.35. The Bertz CT molecular complexity index is 3680. The molecular formula is C97H132ClI4N5O14V. The van der Waals surface area contributed by atoms with Gasteiger partial charge in [-0.2, -0.15) is 0 Å². The summed E-state index contributed by atoms with van der Waals surface area (Å²) in [6.45, 7) is 21.4. The molecule has 4 aliphatic carbocycles. The molecule has 0 saturated heterocycles. The molecule has 0 aromatic heterocycles. The molecule has 6 aromatic rings. The zero-order valence-electron chi connectivity index (χ0n) is 71.7. The van der Waals surface area contributed by atoms with E-state index in [2.05, 4.69) is 193 Å². The molecule has 0 spiro atoms. The molecule has 1 radical (unpaired) electrons. The van der Waals surface area contributed by atoms with Gasteiger partial charge >= 0.3 is 42.2 Å². The molecule has 122 heavy (non-hydrogen) atoms. The number of alkyl halides is 3. The summed E-state index contributed by atoms with van der Waals surface area (Å²) in [6, 6.07) is 49.4. The van der Waals surface area contributed by atoms with E-state index in [0.29, 0.717) is 25.7 Å². The van der Waals surface area contributed by atoms with Gasteiger partial charge in [0, 0.05) is 36.3 Å². The van der Waals surface area contributed by atoms with Crippen LogP contribution in [0, 0.1) is 4.93 Å². The summed E-state index contributed by atoms with van der Waals surface area (Å²) in [4.78, 5) is 86.9. The van der Waals surface area contributed by atoms with Crippen molar-refractivity contribution >= 4 is 145 Å². The van der Waals surface area contributed by atoms with Crippen molar-refractivity contribution in [3.8, 4) is 33.4 Å². The SMILES string of the molecule is C=CCCCCCC[C@@](C)(N)C(=O)O.C=CCCCCCC[C@@](C)(NC(=O)OCC1c2ccccc2-c2ccccc21)C(=O)O.C=CCCCCCC[C@@](C)(NC(=O)OCC1c2ccccc2-c2ccccc21)C(=O)O.C=CCCCCCC[C@@](C)(NC(=O)OCC1c2ccccc2-c2ccccc21)C(=O)O.Cl.IC(I)I.[CH2-]I.[NH3+]C1CCCCC1.[V]. The molecule has 4 atom stereocenters. The maximum atomic E-state index is 12.5. The Morgan fingerprint density at radius 1 is 0.402 bits per heavy atom. The number of quaternary nitrogens is 1. The first-order valence-corrected chi connectivity index (χ1v) is 47.4. The van der Waals surface area contributed by atoms with E-state index < -0.39 is 64.3 Å². The van der Waals surface area contributed by atoms with E-state index in [1.807, 2.05) is 120 Å². The number of nitrogens with two attached hydrogens (primary N) is 1. The number of carbonyl (C=O) groups excluding carboxylic acids is 3. The van der Waals surface area contributed by atoms with E-state index >= 15 is 0 Å². The number of ether oxygens (including phenoxy) is 3. The van der Waals surface area contributed by atoms with Gasteiger partial charge in [-0.05, 0) is 197 Å². The van der Waals surface area contributed by atoms with Crippen LogP contribution in [-0.4, -0.2) is 111 Å². The molecule has 0 bridgehead atoms. The van der Waals surface area contributed by atoms with Gasteiger partial charge in [-0.25, -0.2) is 28.8 Å². The third-order valence-electron chi connectivity index (χ3n) is 22.2. The summed E-state index contributed by atoms with van der Waals surface area (Å²) in [5.74, 6) is -4.23. The monoisotopic (exact) mass is 2180 g/mol.